The van der Waals surface area contributed by atoms with Crippen molar-refractivity contribution in [3.8, 4) is 0 Å². The van der Waals surface area contributed by atoms with E-state index >= 15 is 0 Å². The third-order valence-corrected chi connectivity index (χ3v) is 4.62. The lowest BCUT2D eigenvalue weighted by molar-refractivity contribution is 0.1000. The van der Waals surface area contributed by atoms with Gasteiger partial charge in [0.1, 0.15) is 5.82 Å². The van der Waals surface area contributed by atoms with Crippen molar-refractivity contribution in [3.05, 3.63) is 53.6 Å². The molecule has 1 fully saturated rings. The standard InChI is InChI=1S/C18H25N5O/c1-2-23-8-7-20-17(23)14-22-11-9-21(10-12-22)13-15-3-5-16(6-4-15)18(19)24/h3-8H,2,9-14H2,1H3,(H2,19,24). The Morgan fingerprint density at radius 1 is 1.08 bits per heavy atom. The predicted molar refractivity (Wildman–Crippen MR) is 93.4 cm³/mol. The fourth-order valence-electron chi connectivity index (χ4n) is 3.12. The van der Waals surface area contributed by atoms with Crippen molar-refractivity contribution in [2.45, 2.75) is 26.6 Å². The molecule has 2 N–H and O–H groups in total. The third-order valence-electron chi connectivity index (χ3n) is 4.62. The van der Waals surface area contributed by atoms with Gasteiger partial charge in [0, 0.05) is 57.2 Å². The second kappa shape index (κ2) is 7.59. The van der Waals surface area contributed by atoms with Gasteiger partial charge in [-0.1, -0.05) is 12.1 Å². The minimum absolute atomic E-state index is 0.374. The highest BCUT2D eigenvalue weighted by Crippen LogP contribution is 2.12. The molecule has 6 heteroatoms. The molecule has 1 amide bonds. The van der Waals surface area contributed by atoms with Crippen LogP contribution >= 0.6 is 0 Å². The van der Waals surface area contributed by atoms with Crippen LogP contribution in [0.1, 0.15) is 28.7 Å². The summed E-state index contributed by atoms with van der Waals surface area (Å²) in [5.41, 5.74) is 7.06. The maximum Gasteiger partial charge on any atom is 0.248 e. The fraction of sp³-hybridized carbons (Fsp3) is 0.444. The van der Waals surface area contributed by atoms with Gasteiger partial charge >= 0.3 is 0 Å². The monoisotopic (exact) mass is 327 g/mol. The molecule has 2 aromatic rings. The van der Waals surface area contributed by atoms with Crippen LogP contribution < -0.4 is 5.73 Å². The Morgan fingerprint density at radius 2 is 1.71 bits per heavy atom. The summed E-state index contributed by atoms with van der Waals surface area (Å²) in [6.07, 6.45) is 3.92. The van der Waals surface area contributed by atoms with Crippen molar-refractivity contribution in [2.24, 2.45) is 5.73 Å². The molecule has 128 valence electrons. The fourth-order valence-corrected chi connectivity index (χ4v) is 3.12. The summed E-state index contributed by atoms with van der Waals surface area (Å²) in [4.78, 5) is 20.5. The van der Waals surface area contributed by atoms with Crippen molar-refractivity contribution in [3.63, 3.8) is 0 Å². The first-order chi connectivity index (χ1) is 11.7. The van der Waals surface area contributed by atoms with Crippen LogP contribution in [0.4, 0.5) is 0 Å². The van der Waals surface area contributed by atoms with Gasteiger partial charge in [0.2, 0.25) is 5.91 Å². The predicted octanol–water partition coefficient (Wildman–Crippen LogP) is 1.32. The van der Waals surface area contributed by atoms with Crippen LogP contribution in [0.15, 0.2) is 36.7 Å². The topological polar surface area (TPSA) is 67.4 Å². The van der Waals surface area contributed by atoms with E-state index in [4.69, 9.17) is 5.73 Å². The highest BCUT2D eigenvalue weighted by atomic mass is 16.1. The zero-order chi connectivity index (χ0) is 16.9. The summed E-state index contributed by atoms with van der Waals surface area (Å²) in [5, 5.41) is 0. The van der Waals surface area contributed by atoms with E-state index in [2.05, 4.69) is 26.3 Å². The van der Waals surface area contributed by atoms with Gasteiger partial charge < -0.3 is 10.3 Å². The maximum absolute atomic E-state index is 11.1. The molecular weight excluding hydrogens is 302 g/mol. The van der Waals surface area contributed by atoms with E-state index in [1.807, 2.05) is 24.5 Å². The quantitative estimate of drug-likeness (QED) is 0.869. The number of primary amides is 1. The van der Waals surface area contributed by atoms with E-state index in [-0.39, 0.29) is 5.91 Å². The van der Waals surface area contributed by atoms with E-state index < -0.39 is 0 Å². The number of nitrogens with two attached hydrogens (primary N) is 1. The largest absolute Gasteiger partial charge is 0.366 e. The van der Waals surface area contributed by atoms with Gasteiger partial charge in [0.05, 0.1) is 6.54 Å². The zero-order valence-electron chi connectivity index (χ0n) is 14.2. The molecule has 0 bridgehead atoms. The number of imidazole rings is 1. The first kappa shape index (κ1) is 16.7. The van der Waals surface area contributed by atoms with E-state index in [0.717, 1.165) is 51.6 Å². The second-order valence-corrected chi connectivity index (χ2v) is 6.24. The van der Waals surface area contributed by atoms with Crippen LogP contribution in [-0.4, -0.2) is 51.4 Å². The molecule has 0 atom stereocenters. The first-order valence-corrected chi connectivity index (χ1v) is 8.49. The van der Waals surface area contributed by atoms with Gasteiger partial charge in [-0.25, -0.2) is 4.98 Å². The average molecular weight is 327 g/mol. The number of hydrogen-bond acceptors (Lipinski definition) is 4. The molecule has 24 heavy (non-hydrogen) atoms. The SMILES string of the molecule is CCn1ccnc1CN1CCN(Cc2ccc(C(N)=O)cc2)CC1. The van der Waals surface area contributed by atoms with Crippen molar-refractivity contribution < 1.29 is 4.79 Å². The van der Waals surface area contributed by atoms with E-state index in [9.17, 15) is 4.79 Å². The molecular formula is C18H25N5O. The molecule has 6 nitrogen and oxygen atoms in total. The lowest BCUT2D eigenvalue weighted by Gasteiger charge is -2.34. The van der Waals surface area contributed by atoms with E-state index in [1.165, 1.54) is 5.56 Å². The minimum Gasteiger partial charge on any atom is -0.366 e. The lowest BCUT2D eigenvalue weighted by atomic mass is 10.1. The molecule has 1 saturated heterocycles. The smallest absolute Gasteiger partial charge is 0.248 e. The van der Waals surface area contributed by atoms with Crippen LogP contribution in [-0.2, 0) is 19.6 Å². The lowest BCUT2D eigenvalue weighted by Crippen LogP contribution is -2.45. The Labute approximate surface area is 142 Å². The summed E-state index contributed by atoms with van der Waals surface area (Å²) in [6, 6.07) is 7.59. The summed E-state index contributed by atoms with van der Waals surface area (Å²) in [6.45, 7) is 9.14. The third kappa shape index (κ3) is 4.01. The zero-order valence-corrected chi connectivity index (χ0v) is 14.2. The number of amides is 1. The molecule has 0 spiro atoms. The summed E-state index contributed by atoms with van der Waals surface area (Å²) in [7, 11) is 0. The number of nitrogens with zero attached hydrogens (tertiary/aromatic N) is 4. The Bertz CT molecular complexity index is 671. The van der Waals surface area contributed by atoms with Crippen molar-refractivity contribution in [1.29, 1.82) is 0 Å². The van der Waals surface area contributed by atoms with Gasteiger partial charge in [0.15, 0.2) is 0 Å². The molecule has 0 saturated carbocycles. The van der Waals surface area contributed by atoms with Crippen molar-refractivity contribution in [1.82, 2.24) is 19.4 Å². The van der Waals surface area contributed by atoms with Gasteiger partial charge in [-0.05, 0) is 24.6 Å². The normalized spacial score (nSPS) is 16.4. The molecule has 1 aromatic heterocycles. The first-order valence-electron chi connectivity index (χ1n) is 8.49. The molecule has 3 rings (SSSR count). The van der Waals surface area contributed by atoms with E-state index in [0.29, 0.717) is 5.56 Å². The maximum atomic E-state index is 11.1. The highest BCUT2D eigenvalue weighted by molar-refractivity contribution is 5.92. The molecule has 1 aliphatic rings. The second-order valence-electron chi connectivity index (χ2n) is 6.24. The van der Waals surface area contributed by atoms with Gasteiger partial charge in [0.25, 0.3) is 0 Å². The van der Waals surface area contributed by atoms with Crippen molar-refractivity contribution >= 4 is 5.91 Å². The van der Waals surface area contributed by atoms with Gasteiger partial charge in [-0.3, -0.25) is 14.6 Å². The number of benzene rings is 1. The minimum atomic E-state index is -0.374. The molecule has 1 aromatic carbocycles. The molecule has 0 radical (unpaired) electrons. The highest BCUT2D eigenvalue weighted by Gasteiger charge is 2.18. The number of piperazine rings is 1. The average Bonchev–Trinajstić information content (AvgIpc) is 3.04. The van der Waals surface area contributed by atoms with Crippen LogP contribution in [0.5, 0.6) is 0 Å². The number of carbonyl (C=O) groups excluding carboxylic acids is 1. The Kier molecular flexibility index (Phi) is 5.27. The number of aromatic nitrogens is 2. The number of hydrogen-bond donors (Lipinski definition) is 1. The van der Waals surface area contributed by atoms with Gasteiger partial charge in [-0.15, -0.1) is 0 Å². The van der Waals surface area contributed by atoms with E-state index in [1.54, 1.807) is 12.1 Å². The molecule has 2 heterocycles. The van der Waals surface area contributed by atoms with Crippen LogP contribution in [0.3, 0.4) is 0 Å². The molecule has 0 unspecified atom stereocenters. The number of rotatable bonds is 6. The number of carbonyl (C=O) groups is 1. The Balaban J connectivity index is 1.49. The summed E-state index contributed by atoms with van der Waals surface area (Å²) >= 11 is 0. The Hall–Kier alpha value is -2.18. The summed E-state index contributed by atoms with van der Waals surface area (Å²) < 4.78 is 2.20. The van der Waals surface area contributed by atoms with Crippen LogP contribution in [0.2, 0.25) is 0 Å². The molecule has 0 aliphatic carbocycles. The van der Waals surface area contributed by atoms with Crippen LogP contribution in [0, 0.1) is 0 Å². The van der Waals surface area contributed by atoms with Gasteiger partial charge in [-0.2, -0.15) is 0 Å². The Morgan fingerprint density at radius 3 is 2.29 bits per heavy atom. The van der Waals surface area contributed by atoms with Crippen molar-refractivity contribution in [2.75, 3.05) is 26.2 Å². The van der Waals surface area contributed by atoms with Crippen LogP contribution in [0.25, 0.3) is 0 Å². The molecule has 1 aliphatic heterocycles. The summed E-state index contributed by atoms with van der Waals surface area (Å²) in [5.74, 6) is 0.772. The number of aryl methyl sites for hydroxylation is 1.